The minimum absolute atomic E-state index is 0.489. The summed E-state index contributed by atoms with van der Waals surface area (Å²) in [6.07, 6.45) is 4.38. The van der Waals surface area contributed by atoms with Gasteiger partial charge in [-0.15, -0.1) is 0 Å². The molecule has 0 aliphatic carbocycles. The maximum absolute atomic E-state index is 10.8. The second-order valence-corrected chi connectivity index (χ2v) is 5.72. The third kappa shape index (κ3) is 4.63. The molecule has 0 aliphatic rings. The van der Waals surface area contributed by atoms with Crippen LogP contribution in [0.15, 0.2) is 54.6 Å². The lowest BCUT2D eigenvalue weighted by Gasteiger charge is -2.05. The number of benzene rings is 2. The van der Waals surface area contributed by atoms with Crippen molar-refractivity contribution in [2.45, 2.75) is 0 Å². The van der Waals surface area contributed by atoms with Gasteiger partial charge < -0.3 is 5.11 Å². The molecule has 0 fully saturated rings. The highest BCUT2D eigenvalue weighted by Gasteiger charge is 2.03. The van der Waals surface area contributed by atoms with E-state index in [0.29, 0.717) is 20.6 Å². The van der Waals surface area contributed by atoms with E-state index in [4.69, 9.17) is 39.9 Å². The SMILES string of the molecule is O=C(O)/C=C/C(=C\c1ccc(Cl)cc1Cl)c1ccc(Cl)cc1. The fourth-order valence-electron chi connectivity index (χ4n) is 1.82. The highest BCUT2D eigenvalue weighted by Crippen LogP contribution is 2.27. The number of hydrogen-bond donors (Lipinski definition) is 1. The van der Waals surface area contributed by atoms with Crippen LogP contribution in [0.5, 0.6) is 0 Å². The average Bonchev–Trinajstić information content (AvgIpc) is 2.46. The molecule has 0 spiro atoms. The summed E-state index contributed by atoms with van der Waals surface area (Å²) in [6, 6.07) is 12.2. The summed E-state index contributed by atoms with van der Waals surface area (Å²) in [5.74, 6) is -1.03. The van der Waals surface area contributed by atoms with Crippen LogP contribution < -0.4 is 0 Å². The summed E-state index contributed by atoms with van der Waals surface area (Å²) in [5, 5.41) is 10.5. The van der Waals surface area contributed by atoms with E-state index in [1.165, 1.54) is 6.08 Å². The Labute approximate surface area is 143 Å². The van der Waals surface area contributed by atoms with Crippen molar-refractivity contribution in [3.63, 3.8) is 0 Å². The first-order valence-corrected chi connectivity index (χ1v) is 7.43. The summed E-state index contributed by atoms with van der Waals surface area (Å²) in [6.45, 7) is 0. The zero-order chi connectivity index (χ0) is 16.1. The highest BCUT2D eigenvalue weighted by atomic mass is 35.5. The summed E-state index contributed by atoms with van der Waals surface area (Å²) in [5.41, 5.74) is 2.27. The molecule has 2 nitrogen and oxygen atoms in total. The predicted molar refractivity (Wildman–Crippen MR) is 92.6 cm³/mol. The first-order valence-electron chi connectivity index (χ1n) is 6.29. The number of carboxylic acid groups (broad SMARTS) is 1. The minimum atomic E-state index is -1.03. The van der Waals surface area contributed by atoms with Crippen molar-refractivity contribution in [2.75, 3.05) is 0 Å². The Morgan fingerprint density at radius 2 is 1.55 bits per heavy atom. The topological polar surface area (TPSA) is 37.3 Å². The molecule has 0 aliphatic heterocycles. The molecular weight excluding hydrogens is 343 g/mol. The van der Waals surface area contributed by atoms with Crippen LogP contribution >= 0.6 is 34.8 Å². The number of rotatable bonds is 4. The van der Waals surface area contributed by atoms with Gasteiger partial charge in [-0.1, -0.05) is 53.0 Å². The van der Waals surface area contributed by atoms with E-state index < -0.39 is 5.97 Å². The molecule has 0 saturated carbocycles. The molecule has 0 bridgehead atoms. The monoisotopic (exact) mass is 352 g/mol. The lowest BCUT2D eigenvalue weighted by atomic mass is 10.0. The minimum Gasteiger partial charge on any atom is -0.478 e. The van der Waals surface area contributed by atoms with Crippen LogP contribution in [-0.2, 0) is 4.79 Å². The van der Waals surface area contributed by atoms with Crippen LogP contribution in [0, 0.1) is 0 Å². The van der Waals surface area contributed by atoms with E-state index in [1.807, 2.05) is 12.1 Å². The van der Waals surface area contributed by atoms with Gasteiger partial charge in [-0.3, -0.25) is 0 Å². The summed E-state index contributed by atoms with van der Waals surface area (Å²) >= 11 is 17.9. The molecule has 2 aromatic carbocycles. The Balaban J connectivity index is 2.49. The van der Waals surface area contributed by atoms with Crippen LogP contribution in [-0.4, -0.2) is 11.1 Å². The van der Waals surface area contributed by atoms with Crippen molar-refractivity contribution in [1.82, 2.24) is 0 Å². The lowest BCUT2D eigenvalue weighted by molar-refractivity contribution is -0.131. The van der Waals surface area contributed by atoms with E-state index in [1.54, 1.807) is 36.4 Å². The predicted octanol–water partition coefficient (Wildman–Crippen LogP) is 5.83. The quantitative estimate of drug-likeness (QED) is 0.426. The Morgan fingerprint density at radius 1 is 0.909 bits per heavy atom. The molecule has 0 radical (unpaired) electrons. The Hall–Kier alpha value is -1.74. The third-order valence-electron chi connectivity index (χ3n) is 2.86. The third-order valence-corrected chi connectivity index (χ3v) is 3.67. The normalized spacial score (nSPS) is 11.9. The average molecular weight is 354 g/mol. The fourth-order valence-corrected chi connectivity index (χ4v) is 2.41. The zero-order valence-electron chi connectivity index (χ0n) is 11.3. The van der Waals surface area contributed by atoms with E-state index >= 15 is 0 Å². The molecule has 0 aromatic heterocycles. The number of allylic oxidation sites excluding steroid dienone is 2. The fraction of sp³-hybridized carbons (Fsp3) is 0. The van der Waals surface area contributed by atoms with Gasteiger partial charge in [-0.05, 0) is 53.1 Å². The van der Waals surface area contributed by atoms with E-state index in [-0.39, 0.29) is 0 Å². The molecular formula is C17H11Cl3O2. The van der Waals surface area contributed by atoms with Gasteiger partial charge in [0, 0.05) is 21.1 Å². The summed E-state index contributed by atoms with van der Waals surface area (Å²) in [7, 11) is 0. The molecule has 0 atom stereocenters. The molecule has 112 valence electrons. The number of carbonyl (C=O) groups is 1. The van der Waals surface area contributed by atoms with Gasteiger partial charge in [0.15, 0.2) is 0 Å². The van der Waals surface area contributed by atoms with Crippen LogP contribution in [0.2, 0.25) is 15.1 Å². The zero-order valence-corrected chi connectivity index (χ0v) is 13.5. The van der Waals surface area contributed by atoms with E-state index in [9.17, 15) is 4.79 Å². The van der Waals surface area contributed by atoms with Crippen molar-refractivity contribution < 1.29 is 9.90 Å². The van der Waals surface area contributed by atoms with Crippen molar-refractivity contribution in [2.24, 2.45) is 0 Å². The van der Waals surface area contributed by atoms with Gasteiger partial charge in [-0.25, -0.2) is 4.79 Å². The van der Waals surface area contributed by atoms with Gasteiger partial charge >= 0.3 is 5.97 Å². The number of carboxylic acids is 1. The second-order valence-electron chi connectivity index (χ2n) is 4.44. The number of halogens is 3. The largest absolute Gasteiger partial charge is 0.478 e. The van der Waals surface area contributed by atoms with Crippen LogP contribution in [0.4, 0.5) is 0 Å². The lowest BCUT2D eigenvalue weighted by Crippen LogP contribution is -1.88. The van der Waals surface area contributed by atoms with Gasteiger partial charge in [0.2, 0.25) is 0 Å². The molecule has 1 N–H and O–H groups in total. The van der Waals surface area contributed by atoms with Crippen LogP contribution in [0.1, 0.15) is 11.1 Å². The van der Waals surface area contributed by atoms with E-state index in [2.05, 4.69) is 0 Å². The van der Waals surface area contributed by atoms with Gasteiger partial charge in [-0.2, -0.15) is 0 Å². The first kappa shape index (κ1) is 16.6. The molecule has 0 saturated heterocycles. The molecule has 0 amide bonds. The van der Waals surface area contributed by atoms with Gasteiger partial charge in [0.05, 0.1) is 0 Å². The molecule has 0 unspecified atom stereocenters. The molecule has 0 heterocycles. The number of hydrogen-bond acceptors (Lipinski definition) is 1. The summed E-state index contributed by atoms with van der Waals surface area (Å²) in [4.78, 5) is 10.8. The Morgan fingerprint density at radius 3 is 2.14 bits per heavy atom. The van der Waals surface area contributed by atoms with Crippen molar-refractivity contribution in [3.8, 4) is 0 Å². The van der Waals surface area contributed by atoms with Crippen molar-refractivity contribution >= 4 is 52.4 Å². The Bertz CT molecular complexity index is 747. The van der Waals surface area contributed by atoms with E-state index in [0.717, 1.165) is 17.2 Å². The molecule has 22 heavy (non-hydrogen) atoms. The van der Waals surface area contributed by atoms with Crippen LogP contribution in [0.3, 0.4) is 0 Å². The Kier molecular flexibility index (Phi) is 5.67. The second kappa shape index (κ2) is 7.50. The molecule has 2 rings (SSSR count). The van der Waals surface area contributed by atoms with Gasteiger partial charge in [0.25, 0.3) is 0 Å². The van der Waals surface area contributed by atoms with Gasteiger partial charge in [0.1, 0.15) is 0 Å². The van der Waals surface area contributed by atoms with Crippen LogP contribution in [0.25, 0.3) is 11.6 Å². The van der Waals surface area contributed by atoms with Crippen molar-refractivity contribution in [1.29, 1.82) is 0 Å². The maximum atomic E-state index is 10.8. The standard InChI is InChI=1S/C17H11Cl3O2/c18-14-5-1-11(2-6-14)12(4-8-17(21)22)9-13-3-7-15(19)10-16(13)20/h1-10H,(H,21,22)/b8-4+,12-9+. The molecule has 5 heteroatoms. The molecule has 2 aromatic rings. The smallest absolute Gasteiger partial charge is 0.328 e. The maximum Gasteiger partial charge on any atom is 0.328 e. The summed E-state index contributed by atoms with van der Waals surface area (Å²) < 4.78 is 0. The van der Waals surface area contributed by atoms with Crippen molar-refractivity contribution in [3.05, 3.63) is 80.8 Å². The first-order chi connectivity index (χ1) is 10.5. The highest BCUT2D eigenvalue weighted by molar-refractivity contribution is 6.35. The number of aliphatic carboxylic acids is 1.